The van der Waals surface area contributed by atoms with Crippen LogP contribution in [0.2, 0.25) is 0 Å². The zero-order valence-corrected chi connectivity index (χ0v) is 19.1. The first-order valence-corrected chi connectivity index (χ1v) is 11.7. The molecule has 0 spiro atoms. The highest BCUT2D eigenvalue weighted by atomic mass is 32.2. The van der Waals surface area contributed by atoms with E-state index in [0.717, 1.165) is 44.4 Å². The molecular formula is C21H17N7O2S2. The van der Waals surface area contributed by atoms with Crippen LogP contribution in [0, 0.1) is 6.92 Å². The lowest BCUT2D eigenvalue weighted by Gasteiger charge is -2.09. The number of benzene rings is 1. The SMILES string of the molecule is COc1ccc2c(C)cc3nnc(SCc4nnc5n(C)c(=O)c6sccc6n45)n3c2c1. The van der Waals surface area contributed by atoms with Crippen molar-refractivity contribution in [1.82, 2.24) is 33.8 Å². The van der Waals surface area contributed by atoms with Gasteiger partial charge in [0.05, 0.1) is 23.9 Å². The van der Waals surface area contributed by atoms with E-state index in [4.69, 9.17) is 4.74 Å². The maximum absolute atomic E-state index is 12.6. The predicted molar refractivity (Wildman–Crippen MR) is 125 cm³/mol. The molecule has 0 aliphatic carbocycles. The molecule has 0 aliphatic heterocycles. The molecule has 5 heterocycles. The zero-order valence-electron chi connectivity index (χ0n) is 17.4. The average Bonchev–Trinajstić information content (AvgIpc) is 3.53. The number of ether oxygens (including phenoxy) is 1. The highest BCUT2D eigenvalue weighted by Gasteiger charge is 2.18. The third-order valence-electron chi connectivity index (χ3n) is 5.60. The maximum Gasteiger partial charge on any atom is 0.272 e. The van der Waals surface area contributed by atoms with Crippen molar-refractivity contribution in [3.8, 4) is 5.75 Å². The normalized spacial score (nSPS) is 12.0. The summed E-state index contributed by atoms with van der Waals surface area (Å²) in [5, 5.41) is 21.2. The second kappa shape index (κ2) is 7.04. The van der Waals surface area contributed by atoms with Gasteiger partial charge in [-0.2, -0.15) is 0 Å². The number of hydrogen-bond donors (Lipinski definition) is 0. The van der Waals surface area contributed by atoms with Crippen molar-refractivity contribution in [1.29, 1.82) is 0 Å². The Morgan fingerprint density at radius 3 is 2.78 bits per heavy atom. The number of methoxy groups -OCH3 is 1. The first kappa shape index (κ1) is 19.3. The van der Waals surface area contributed by atoms with Crippen LogP contribution in [0.25, 0.3) is 32.5 Å². The van der Waals surface area contributed by atoms with Gasteiger partial charge in [-0.15, -0.1) is 31.7 Å². The molecule has 11 heteroatoms. The number of thioether (sulfide) groups is 1. The zero-order chi connectivity index (χ0) is 22.0. The summed E-state index contributed by atoms with van der Waals surface area (Å²) in [7, 11) is 3.38. The van der Waals surface area contributed by atoms with Crippen LogP contribution in [0.15, 0.2) is 45.7 Å². The molecule has 32 heavy (non-hydrogen) atoms. The number of thiophene rings is 1. The van der Waals surface area contributed by atoms with E-state index in [1.165, 1.54) is 27.7 Å². The first-order valence-electron chi connectivity index (χ1n) is 9.82. The van der Waals surface area contributed by atoms with Crippen LogP contribution in [0.1, 0.15) is 11.4 Å². The lowest BCUT2D eigenvalue weighted by atomic mass is 10.1. The topological polar surface area (TPSA) is 91.6 Å². The van der Waals surface area contributed by atoms with Crippen LogP contribution in [0.3, 0.4) is 0 Å². The molecule has 0 saturated heterocycles. The number of fused-ring (bicyclic) bond motifs is 6. The Bertz CT molecular complexity index is 1730. The number of hydrogen-bond acceptors (Lipinski definition) is 8. The third kappa shape index (κ3) is 2.67. The molecule has 0 aliphatic rings. The third-order valence-corrected chi connectivity index (χ3v) is 7.42. The van der Waals surface area contributed by atoms with Crippen LogP contribution in [-0.2, 0) is 12.8 Å². The molecule has 160 valence electrons. The van der Waals surface area contributed by atoms with Crippen molar-refractivity contribution in [2.75, 3.05) is 7.11 Å². The Kier molecular flexibility index (Phi) is 4.24. The predicted octanol–water partition coefficient (Wildman–Crippen LogP) is 3.45. The van der Waals surface area contributed by atoms with Crippen molar-refractivity contribution >= 4 is 55.6 Å². The van der Waals surface area contributed by atoms with Gasteiger partial charge in [-0.05, 0) is 42.1 Å². The number of aromatic nitrogens is 7. The fraction of sp³-hybridized carbons (Fsp3) is 0.190. The van der Waals surface area contributed by atoms with Gasteiger partial charge in [-0.3, -0.25) is 18.2 Å². The van der Waals surface area contributed by atoms with Crippen molar-refractivity contribution in [2.24, 2.45) is 7.05 Å². The number of aryl methyl sites for hydroxylation is 2. The molecule has 0 amide bonds. The fourth-order valence-corrected chi connectivity index (χ4v) is 5.71. The van der Waals surface area contributed by atoms with E-state index in [2.05, 4.69) is 33.4 Å². The molecule has 0 atom stereocenters. The largest absolute Gasteiger partial charge is 0.497 e. The Morgan fingerprint density at radius 1 is 1.06 bits per heavy atom. The molecule has 0 saturated carbocycles. The number of pyridine rings is 1. The van der Waals surface area contributed by atoms with Gasteiger partial charge in [0.1, 0.15) is 16.3 Å². The van der Waals surface area contributed by atoms with Crippen LogP contribution in [-0.4, -0.2) is 40.9 Å². The van der Waals surface area contributed by atoms with Crippen molar-refractivity contribution in [2.45, 2.75) is 17.8 Å². The molecular weight excluding hydrogens is 446 g/mol. The molecule has 0 bridgehead atoms. The molecule has 0 radical (unpaired) electrons. The molecule has 0 unspecified atom stereocenters. The van der Waals surface area contributed by atoms with Gasteiger partial charge < -0.3 is 4.74 Å². The van der Waals surface area contributed by atoms with Gasteiger partial charge in [-0.25, -0.2) is 0 Å². The van der Waals surface area contributed by atoms with Crippen LogP contribution in [0.4, 0.5) is 0 Å². The number of rotatable bonds is 4. The van der Waals surface area contributed by atoms with E-state index in [0.29, 0.717) is 16.2 Å². The number of nitrogens with zero attached hydrogens (tertiary/aromatic N) is 7. The van der Waals surface area contributed by atoms with E-state index in [1.807, 2.05) is 38.4 Å². The quantitative estimate of drug-likeness (QED) is 0.370. The standard InChI is InChI=1S/C21H17N7O2S2/c1-11-8-16-22-25-21(28(16)15-9-12(30-3)4-5-13(11)15)32-10-17-23-24-20-26(2)19(29)18-14(27(17)20)6-7-31-18/h4-9H,10H2,1-3H3. The average molecular weight is 464 g/mol. The Morgan fingerprint density at radius 2 is 1.94 bits per heavy atom. The summed E-state index contributed by atoms with van der Waals surface area (Å²) >= 11 is 2.95. The Labute approximate surface area is 189 Å². The second-order valence-electron chi connectivity index (χ2n) is 7.43. The summed E-state index contributed by atoms with van der Waals surface area (Å²) in [6.07, 6.45) is 0. The minimum absolute atomic E-state index is 0.0617. The minimum atomic E-state index is -0.0617. The fourth-order valence-electron chi connectivity index (χ4n) is 4.00. The molecule has 1 aromatic carbocycles. The van der Waals surface area contributed by atoms with E-state index < -0.39 is 0 Å². The van der Waals surface area contributed by atoms with E-state index in [1.54, 1.807) is 14.2 Å². The summed E-state index contributed by atoms with van der Waals surface area (Å²) in [6.45, 7) is 2.06. The minimum Gasteiger partial charge on any atom is -0.497 e. The van der Waals surface area contributed by atoms with Crippen LogP contribution in [0.5, 0.6) is 5.75 Å². The van der Waals surface area contributed by atoms with Gasteiger partial charge in [0.2, 0.25) is 5.78 Å². The molecule has 6 aromatic rings. The summed E-state index contributed by atoms with van der Waals surface area (Å²) in [5.74, 6) is 2.56. The van der Waals surface area contributed by atoms with Crippen LogP contribution >= 0.6 is 23.1 Å². The molecule has 9 nitrogen and oxygen atoms in total. The van der Waals surface area contributed by atoms with Crippen LogP contribution < -0.4 is 10.3 Å². The van der Waals surface area contributed by atoms with Gasteiger partial charge >= 0.3 is 0 Å². The van der Waals surface area contributed by atoms with Gasteiger partial charge in [0.25, 0.3) is 5.56 Å². The van der Waals surface area contributed by atoms with E-state index in [-0.39, 0.29) is 5.56 Å². The van der Waals surface area contributed by atoms with E-state index in [9.17, 15) is 4.79 Å². The highest BCUT2D eigenvalue weighted by molar-refractivity contribution is 7.98. The van der Waals surface area contributed by atoms with Gasteiger partial charge in [0, 0.05) is 18.5 Å². The Balaban J connectivity index is 1.48. The second-order valence-corrected chi connectivity index (χ2v) is 9.28. The molecule has 6 rings (SSSR count). The first-order chi connectivity index (χ1) is 15.6. The van der Waals surface area contributed by atoms with Gasteiger partial charge in [0.15, 0.2) is 10.8 Å². The van der Waals surface area contributed by atoms with Crippen molar-refractivity contribution in [3.05, 3.63) is 57.5 Å². The Hall–Kier alpha value is -3.44. The van der Waals surface area contributed by atoms with Crippen molar-refractivity contribution < 1.29 is 4.74 Å². The molecule has 5 aromatic heterocycles. The molecule has 0 N–H and O–H groups in total. The highest BCUT2D eigenvalue weighted by Crippen LogP contribution is 2.30. The smallest absolute Gasteiger partial charge is 0.272 e. The lowest BCUT2D eigenvalue weighted by molar-refractivity contribution is 0.415. The summed E-state index contributed by atoms with van der Waals surface area (Å²) in [6, 6.07) is 9.97. The summed E-state index contributed by atoms with van der Waals surface area (Å²) in [5.41, 5.74) is 3.65. The van der Waals surface area contributed by atoms with Crippen molar-refractivity contribution in [3.63, 3.8) is 0 Å². The summed E-state index contributed by atoms with van der Waals surface area (Å²) in [4.78, 5) is 12.6. The maximum atomic E-state index is 12.6. The monoisotopic (exact) mass is 463 g/mol. The van der Waals surface area contributed by atoms with E-state index >= 15 is 0 Å². The molecule has 0 fully saturated rings. The summed E-state index contributed by atoms with van der Waals surface area (Å²) < 4.78 is 11.6. The lowest BCUT2D eigenvalue weighted by Crippen LogP contribution is -2.19. The van der Waals surface area contributed by atoms with Gasteiger partial charge in [-0.1, -0.05) is 11.8 Å².